The molecule has 230 valence electrons. The van der Waals surface area contributed by atoms with Crippen molar-refractivity contribution in [3.8, 4) is 5.75 Å². The molecule has 1 N–H and O–H groups in total. The molecule has 4 aromatic rings. The summed E-state index contributed by atoms with van der Waals surface area (Å²) in [4.78, 5) is 29.1. The Hall–Kier alpha value is -4.45. The van der Waals surface area contributed by atoms with E-state index in [-0.39, 0.29) is 36.9 Å². The van der Waals surface area contributed by atoms with E-state index in [2.05, 4.69) is 5.32 Å². The first-order valence-electron chi connectivity index (χ1n) is 14.4. The Kier molecular flexibility index (Phi) is 10.4. The second-order valence-electron chi connectivity index (χ2n) is 10.3. The molecule has 0 aliphatic carbocycles. The number of carbonyl (C=O) groups excluding carboxylic acids is 2. The minimum absolute atomic E-state index is 0.139. The Balaban J connectivity index is 1.33. The van der Waals surface area contributed by atoms with Crippen molar-refractivity contribution in [2.75, 3.05) is 32.9 Å². The lowest BCUT2D eigenvalue weighted by Crippen LogP contribution is -2.51. The molecule has 1 aromatic heterocycles. The molecule has 0 radical (unpaired) electrons. The number of nitrogens with one attached hydrogen (secondary N) is 1. The highest BCUT2D eigenvalue weighted by Crippen LogP contribution is 2.21. The summed E-state index contributed by atoms with van der Waals surface area (Å²) in [6.07, 6.45) is 1.83. The lowest BCUT2D eigenvalue weighted by molar-refractivity contribution is -0.142. The van der Waals surface area contributed by atoms with Gasteiger partial charge in [-0.25, -0.2) is 8.42 Å². The lowest BCUT2D eigenvalue weighted by atomic mass is 10.0. The molecule has 0 bridgehead atoms. The fourth-order valence-corrected chi connectivity index (χ4v) is 6.32. The number of sulfonamides is 1. The van der Waals surface area contributed by atoms with Crippen LogP contribution in [0.4, 0.5) is 0 Å². The van der Waals surface area contributed by atoms with Crippen molar-refractivity contribution in [1.29, 1.82) is 0 Å². The van der Waals surface area contributed by atoms with Crippen molar-refractivity contribution in [2.45, 2.75) is 30.4 Å². The van der Waals surface area contributed by atoms with Crippen molar-refractivity contribution in [3.05, 3.63) is 120 Å². The van der Waals surface area contributed by atoms with Crippen molar-refractivity contribution in [1.82, 2.24) is 14.5 Å². The topological polar surface area (TPSA) is 118 Å². The molecule has 1 atom stereocenters. The molecule has 0 saturated carbocycles. The molecular formula is C33H35N3O7S. The van der Waals surface area contributed by atoms with Gasteiger partial charge < -0.3 is 24.1 Å². The third-order valence-electron chi connectivity index (χ3n) is 7.28. The van der Waals surface area contributed by atoms with Crippen molar-refractivity contribution < 1.29 is 31.9 Å². The van der Waals surface area contributed by atoms with E-state index in [0.717, 1.165) is 11.1 Å². The number of carbonyl (C=O) groups is 2. The van der Waals surface area contributed by atoms with Crippen LogP contribution in [0.15, 0.2) is 113 Å². The van der Waals surface area contributed by atoms with Gasteiger partial charge in [0.1, 0.15) is 17.6 Å². The zero-order valence-electron chi connectivity index (χ0n) is 24.2. The predicted octanol–water partition coefficient (Wildman–Crippen LogP) is 3.64. The quantitative estimate of drug-likeness (QED) is 0.243. The van der Waals surface area contributed by atoms with Crippen LogP contribution in [-0.4, -0.2) is 68.4 Å². The molecule has 11 heteroatoms. The average Bonchev–Trinajstić information content (AvgIpc) is 3.59. The lowest BCUT2D eigenvalue weighted by Gasteiger charge is -2.31. The number of hydrogen-bond acceptors (Lipinski definition) is 7. The number of morpholine rings is 1. The van der Waals surface area contributed by atoms with Gasteiger partial charge in [0.25, 0.3) is 5.91 Å². The van der Waals surface area contributed by atoms with Crippen LogP contribution >= 0.6 is 0 Å². The van der Waals surface area contributed by atoms with Crippen LogP contribution in [0.2, 0.25) is 0 Å². The summed E-state index contributed by atoms with van der Waals surface area (Å²) in [7, 11) is -3.66. The third kappa shape index (κ3) is 8.13. The normalized spacial score (nSPS) is 14.5. The van der Waals surface area contributed by atoms with Crippen LogP contribution in [0.3, 0.4) is 0 Å². The van der Waals surface area contributed by atoms with Crippen molar-refractivity contribution in [3.63, 3.8) is 0 Å². The second kappa shape index (κ2) is 14.8. The Morgan fingerprint density at radius 3 is 2.16 bits per heavy atom. The highest BCUT2D eigenvalue weighted by atomic mass is 32.2. The number of benzene rings is 3. The van der Waals surface area contributed by atoms with Crippen molar-refractivity contribution in [2.24, 2.45) is 0 Å². The van der Waals surface area contributed by atoms with Crippen LogP contribution in [0.25, 0.3) is 0 Å². The molecule has 0 spiro atoms. The standard InChI is InChI=1S/C33H35N3O7S/c37-32(25-43-28-13-15-30(16-14-28)44(39,40)35-17-20-41-21-18-35)36(24-27-10-5-2-6-11-27)31(22-26-8-3-1-4-9-26)33(38)34-23-29-12-7-19-42-29/h1-16,19,31H,17-18,20-25H2,(H,34,38)/t31-/m1/s1. The largest absolute Gasteiger partial charge is 0.484 e. The third-order valence-corrected chi connectivity index (χ3v) is 9.19. The molecule has 0 unspecified atom stereocenters. The smallest absolute Gasteiger partial charge is 0.261 e. The maximum absolute atomic E-state index is 13.8. The van der Waals surface area contributed by atoms with Gasteiger partial charge in [-0.05, 0) is 47.5 Å². The van der Waals surface area contributed by atoms with E-state index in [4.69, 9.17) is 13.9 Å². The molecule has 1 fully saturated rings. The highest BCUT2D eigenvalue weighted by molar-refractivity contribution is 7.89. The van der Waals surface area contributed by atoms with E-state index in [1.165, 1.54) is 39.7 Å². The molecule has 1 aliphatic rings. The molecule has 2 amide bonds. The summed E-state index contributed by atoms with van der Waals surface area (Å²) >= 11 is 0. The summed E-state index contributed by atoms with van der Waals surface area (Å²) < 4.78 is 43.8. The van der Waals surface area contributed by atoms with Crippen LogP contribution in [0, 0.1) is 0 Å². The molecule has 10 nitrogen and oxygen atoms in total. The monoisotopic (exact) mass is 617 g/mol. The van der Waals surface area contributed by atoms with Crippen molar-refractivity contribution >= 4 is 21.8 Å². The molecule has 1 saturated heterocycles. The fourth-order valence-electron chi connectivity index (χ4n) is 4.91. The number of nitrogens with zero attached hydrogens (tertiary/aromatic N) is 2. The molecule has 2 heterocycles. The highest BCUT2D eigenvalue weighted by Gasteiger charge is 2.31. The number of amides is 2. The molecular weight excluding hydrogens is 582 g/mol. The summed E-state index contributed by atoms with van der Waals surface area (Å²) in [5.41, 5.74) is 1.75. The fraction of sp³-hybridized carbons (Fsp3) is 0.273. The van der Waals surface area contributed by atoms with Gasteiger partial charge in [0, 0.05) is 26.1 Å². The van der Waals surface area contributed by atoms with E-state index in [9.17, 15) is 18.0 Å². The van der Waals surface area contributed by atoms with Crippen LogP contribution < -0.4 is 10.1 Å². The van der Waals surface area contributed by atoms with Gasteiger partial charge in [0.05, 0.1) is 30.9 Å². The van der Waals surface area contributed by atoms with Gasteiger partial charge in [-0.1, -0.05) is 60.7 Å². The Bertz CT molecular complexity index is 1590. The van der Waals surface area contributed by atoms with E-state index in [0.29, 0.717) is 37.8 Å². The van der Waals surface area contributed by atoms with Gasteiger partial charge in [-0.3, -0.25) is 9.59 Å². The number of rotatable bonds is 13. The zero-order valence-corrected chi connectivity index (χ0v) is 25.0. The van der Waals surface area contributed by atoms with Gasteiger partial charge in [-0.2, -0.15) is 4.31 Å². The Morgan fingerprint density at radius 1 is 0.864 bits per heavy atom. The van der Waals surface area contributed by atoms with Gasteiger partial charge in [0.2, 0.25) is 15.9 Å². The maximum Gasteiger partial charge on any atom is 0.261 e. The summed E-state index contributed by atoms with van der Waals surface area (Å²) in [6.45, 7) is 1.32. The Labute approximate surface area is 257 Å². The number of ether oxygens (including phenoxy) is 2. The number of hydrogen-bond donors (Lipinski definition) is 1. The summed E-state index contributed by atoms with van der Waals surface area (Å²) in [5.74, 6) is 0.209. The van der Waals surface area contributed by atoms with E-state index >= 15 is 0 Å². The summed E-state index contributed by atoms with van der Waals surface area (Å²) in [5, 5.41) is 2.91. The van der Waals surface area contributed by atoms with Gasteiger partial charge >= 0.3 is 0 Å². The first-order valence-corrected chi connectivity index (χ1v) is 15.8. The number of furan rings is 1. The van der Waals surface area contributed by atoms with Gasteiger partial charge in [-0.15, -0.1) is 0 Å². The SMILES string of the molecule is O=C(NCc1ccco1)[C@@H](Cc1ccccc1)N(Cc1ccccc1)C(=O)COc1ccc(S(=O)(=O)N2CCOCC2)cc1. The first-order chi connectivity index (χ1) is 21.4. The minimum Gasteiger partial charge on any atom is -0.484 e. The van der Waals surface area contributed by atoms with Crippen LogP contribution in [0.5, 0.6) is 5.75 Å². The second-order valence-corrected chi connectivity index (χ2v) is 12.2. The van der Waals surface area contributed by atoms with E-state index < -0.39 is 22.0 Å². The van der Waals surface area contributed by atoms with E-state index in [1.54, 1.807) is 12.1 Å². The molecule has 3 aromatic carbocycles. The molecule has 5 rings (SSSR count). The van der Waals surface area contributed by atoms with Crippen LogP contribution in [0.1, 0.15) is 16.9 Å². The predicted molar refractivity (Wildman–Crippen MR) is 163 cm³/mol. The Morgan fingerprint density at radius 2 is 1.52 bits per heavy atom. The molecule has 1 aliphatic heterocycles. The first kappa shape index (κ1) is 31.0. The van der Waals surface area contributed by atoms with Gasteiger partial charge in [0.15, 0.2) is 6.61 Å². The minimum atomic E-state index is -3.66. The summed E-state index contributed by atoms with van der Waals surface area (Å²) in [6, 6.07) is 27.6. The zero-order chi connectivity index (χ0) is 30.8. The average molecular weight is 618 g/mol. The molecule has 44 heavy (non-hydrogen) atoms. The van der Waals surface area contributed by atoms with Crippen LogP contribution in [-0.2, 0) is 43.9 Å². The maximum atomic E-state index is 13.8. The van der Waals surface area contributed by atoms with E-state index in [1.807, 2.05) is 60.7 Å².